The Kier molecular flexibility index (Phi) is 6.55. The number of aryl methyl sites for hydroxylation is 1. The molecule has 1 fully saturated rings. The van der Waals surface area contributed by atoms with E-state index in [0.717, 1.165) is 31.1 Å². The molecular weight excluding hydrogens is 349 g/mol. The van der Waals surface area contributed by atoms with Crippen LogP contribution in [0.2, 0.25) is 5.02 Å². The molecule has 1 aliphatic heterocycles. The Bertz CT molecular complexity index is 696. The number of hydrogen-bond acceptors (Lipinski definition) is 2. The van der Waals surface area contributed by atoms with E-state index >= 15 is 0 Å². The first-order valence-electron chi connectivity index (χ1n) is 9.38. The number of halogens is 2. The molecule has 26 heavy (non-hydrogen) atoms. The molecule has 2 nitrogen and oxygen atoms in total. The Labute approximate surface area is 160 Å². The molecule has 0 radical (unpaired) electrons. The normalized spacial score (nSPS) is 17.2. The van der Waals surface area contributed by atoms with Gasteiger partial charge < -0.3 is 4.74 Å². The van der Waals surface area contributed by atoms with Crippen molar-refractivity contribution in [3.8, 4) is 5.75 Å². The van der Waals surface area contributed by atoms with E-state index in [1.807, 2.05) is 12.1 Å². The number of likely N-dealkylation sites (tertiary alicyclic amines) is 1. The van der Waals surface area contributed by atoms with Gasteiger partial charge in [-0.05, 0) is 74.0 Å². The van der Waals surface area contributed by atoms with Crippen LogP contribution in [0, 0.1) is 11.2 Å². The van der Waals surface area contributed by atoms with Gasteiger partial charge in [-0.2, -0.15) is 0 Å². The minimum atomic E-state index is -0.291. The molecule has 0 atom stereocenters. The lowest BCUT2D eigenvalue weighted by Crippen LogP contribution is -2.40. The molecule has 0 spiro atoms. The van der Waals surface area contributed by atoms with Crippen molar-refractivity contribution < 1.29 is 9.13 Å². The predicted molar refractivity (Wildman–Crippen MR) is 105 cm³/mol. The van der Waals surface area contributed by atoms with Crippen LogP contribution < -0.4 is 4.74 Å². The second kappa shape index (κ2) is 8.88. The minimum absolute atomic E-state index is 0.291. The molecule has 0 aromatic heterocycles. The molecule has 4 heteroatoms. The van der Waals surface area contributed by atoms with Crippen molar-refractivity contribution in [1.29, 1.82) is 0 Å². The lowest BCUT2D eigenvalue weighted by molar-refractivity contribution is 0.0974. The van der Waals surface area contributed by atoms with E-state index in [4.69, 9.17) is 16.3 Å². The largest absolute Gasteiger partial charge is 0.489 e. The fourth-order valence-corrected chi connectivity index (χ4v) is 3.64. The van der Waals surface area contributed by atoms with Crippen molar-refractivity contribution in [3.63, 3.8) is 0 Å². The maximum absolute atomic E-state index is 13.6. The van der Waals surface area contributed by atoms with Crippen molar-refractivity contribution in [2.75, 3.05) is 26.2 Å². The molecule has 0 bridgehead atoms. The fourth-order valence-electron chi connectivity index (χ4n) is 3.51. The van der Waals surface area contributed by atoms with Crippen LogP contribution in [-0.4, -0.2) is 31.1 Å². The smallest absolute Gasteiger partial charge is 0.165 e. The maximum atomic E-state index is 13.6. The highest BCUT2D eigenvalue weighted by Crippen LogP contribution is 2.35. The molecule has 1 heterocycles. The third kappa shape index (κ3) is 5.46. The summed E-state index contributed by atoms with van der Waals surface area (Å²) in [7, 11) is 0. The number of para-hydroxylation sites is 1. The molecule has 2 aromatic rings. The second-order valence-electron chi connectivity index (χ2n) is 7.56. The van der Waals surface area contributed by atoms with Crippen LogP contribution in [0.4, 0.5) is 4.39 Å². The van der Waals surface area contributed by atoms with E-state index in [1.54, 1.807) is 18.2 Å². The van der Waals surface area contributed by atoms with Gasteiger partial charge in [0.1, 0.15) is 6.61 Å². The van der Waals surface area contributed by atoms with Gasteiger partial charge in [0, 0.05) is 11.6 Å². The van der Waals surface area contributed by atoms with Crippen LogP contribution in [0.1, 0.15) is 31.7 Å². The third-order valence-electron chi connectivity index (χ3n) is 5.50. The molecule has 0 N–H and O–H groups in total. The summed E-state index contributed by atoms with van der Waals surface area (Å²) in [6.45, 7) is 5.94. The van der Waals surface area contributed by atoms with Crippen LogP contribution in [0.15, 0.2) is 48.5 Å². The monoisotopic (exact) mass is 375 g/mol. The fraction of sp³-hybridized carbons (Fsp3) is 0.455. The van der Waals surface area contributed by atoms with Gasteiger partial charge in [-0.3, -0.25) is 4.90 Å². The highest BCUT2D eigenvalue weighted by Gasteiger charge is 2.29. The Hall–Kier alpha value is -1.58. The SMILES string of the molecule is CC1(CCc2ccc(Cl)cc2)CCN(CCOc2ccccc2F)CC1. The molecule has 140 valence electrons. The molecule has 3 rings (SSSR count). The van der Waals surface area contributed by atoms with Crippen LogP contribution in [-0.2, 0) is 6.42 Å². The van der Waals surface area contributed by atoms with Gasteiger partial charge in [-0.15, -0.1) is 0 Å². The first kappa shape index (κ1) is 19.2. The van der Waals surface area contributed by atoms with E-state index in [2.05, 4.69) is 24.0 Å². The van der Waals surface area contributed by atoms with E-state index in [0.29, 0.717) is 17.8 Å². The Morgan fingerprint density at radius 3 is 2.46 bits per heavy atom. The summed E-state index contributed by atoms with van der Waals surface area (Å²) < 4.78 is 19.1. The van der Waals surface area contributed by atoms with Crippen molar-refractivity contribution in [3.05, 3.63) is 64.9 Å². The summed E-state index contributed by atoms with van der Waals surface area (Å²) >= 11 is 5.96. The van der Waals surface area contributed by atoms with Crippen LogP contribution in [0.25, 0.3) is 0 Å². The quantitative estimate of drug-likeness (QED) is 0.625. The predicted octanol–water partition coefficient (Wildman–Crippen LogP) is 5.59. The molecule has 0 aliphatic carbocycles. The van der Waals surface area contributed by atoms with Crippen molar-refractivity contribution >= 4 is 11.6 Å². The number of benzene rings is 2. The van der Waals surface area contributed by atoms with Gasteiger partial charge in [-0.25, -0.2) is 4.39 Å². The lowest BCUT2D eigenvalue weighted by Gasteiger charge is -2.39. The average Bonchev–Trinajstić information content (AvgIpc) is 2.65. The van der Waals surface area contributed by atoms with Gasteiger partial charge in [0.2, 0.25) is 0 Å². The molecule has 0 saturated carbocycles. The number of nitrogens with zero attached hydrogens (tertiary/aromatic N) is 1. The molecule has 2 aromatic carbocycles. The van der Waals surface area contributed by atoms with Gasteiger partial charge in [0.15, 0.2) is 11.6 Å². The third-order valence-corrected chi connectivity index (χ3v) is 5.75. The van der Waals surface area contributed by atoms with Gasteiger partial charge >= 0.3 is 0 Å². The van der Waals surface area contributed by atoms with E-state index in [9.17, 15) is 4.39 Å². The standard InChI is InChI=1S/C22H27ClFNO/c1-22(11-10-18-6-8-19(23)9-7-18)12-14-25(15-13-22)16-17-26-21-5-3-2-4-20(21)24/h2-9H,10-17H2,1H3. The highest BCUT2D eigenvalue weighted by atomic mass is 35.5. The molecular formula is C22H27ClFNO. The summed E-state index contributed by atoms with van der Waals surface area (Å²) in [5.41, 5.74) is 1.75. The highest BCUT2D eigenvalue weighted by molar-refractivity contribution is 6.30. The first-order valence-corrected chi connectivity index (χ1v) is 9.76. The van der Waals surface area contributed by atoms with E-state index in [1.165, 1.54) is 30.9 Å². The van der Waals surface area contributed by atoms with Crippen molar-refractivity contribution in [2.45, 2.75) is 32.6 Å². The number of hydrogen-bond donors (Lipinski definition) is 0. The zero-order chi connectivity index (χ0) is 18.4. The summed E-state index contributed by atoms with van der Waals surface area (Å²) in [6.07, 6.45) is 4.69. The number of piperidine rings is 1. The van der Waals surface area contributed by atoms with Gasteiger partial charge in [0.25, 0.3) is 0 Å². The minimum Gasteiger partial charge on any atom is -0.489 e. The molecule has 0 amide bonds. The zero-order valence-corrected chi connectivity index (χ0v) is 16.1. The van der Waals surface area contributed by atoms with Gasteiger partial charge in [0.05, 0.1) is 0 Å². The molecule has 1 aliphatic rings. The lowest BCUT2D eigenvalue weighted by atomic mass is 9.76. The maximum Gasteiger partial charge on any atom is 0.165 e. The summed E-state index contributed by atoms with van der Waals surface area (Å²) in [4.78, 5) is 2.42. The van der Waals surface area contributed by atoms with E-state index in [-0.39, 0.29) is 5.82 Å². The Morgan fingerprint density at radius 1 is 1.08 bits per heavy atom. The van der Waals surface area contributed by atoms with Crippen LogP contribution >= 0.6 is 11.6 Å². The van der Waals surface area contributed by atoms with E-state index < -0.39 is 0 Å². The average molecular weight is 376 g/mol. The van der Waals surface area contributed by atoms with Crippen molar-refractivity contribution in [1.82, 2.24) is 4.90 Å². The number of rotatable bonds is 7. The summed E-state index contributed by atoms with van der Waals surface area (Å²) in [6, 6.07) is 14.8. The van der Waals surface area contributed by atoms with Crippen LogP contribution in [0.5, 0.6) is 5.75 Å². The summed E-state index contributed by atoms with van der Waals surface area (Å²) in [5, 5.41) is 0.797. The van der Waals surface area contributed by atoms with Crippen LogP contribution in [0.3, 0.4) is 0 Å². The zero-order valence-electron chi connectivity index (χ0n) is 15.4. The topological polar surface area (TPSA) is 12.5 Å². The Morgan fingerprint density at radius 2 is 1.77 bits per heavy atom. The number of ether oxygens (including phenoxy) is 1. The van der Waals surface area contributed by atoms with Crippen molar-refractivity contribution in [2.24, 2.45) is 5.41 Å². The molecule has 1 saturated heterocycles. The Balaban J connectivity index is 1.39. The molecule has 0 unspecified atom stereocenters. The summed E-state index contributed by atoms with van der Waals surface area (Å²) in [5.74, 6) is 0.0539. The first-order chi connectivity index (χ1) is 12.5. The second-order valence-corrected chi connectivity index (χ2v) is 7.99. The van der Waals surface area contributed by atoms with Gasteiger partial charge in [-0.1, -0.05) is 42.8 Å².